The van der Waals surface area contributed by atoms with Crippen LogP contribution in [0, 0.1) is 11.7 Å². The van der Waals surface area contributed by atoms with Crippen molar-refractivity contribution in [3.63, 3.8) is 0 Å². The third-order valence-electron chi connectivity index (χ3n) is 4.49. The average Bonchev–Trinajstić information content (AvgIpc) is 3.43. The van der Waals surface area contributed by atoms with Gasteiger partial charge in [-0.25, -0.2) is 4.39 Å². The SMILES string of the molecule is NCC(NC(=O)c1cc(F)ccc1-c1cccc(C(F)(F)F)c1)C1CC1. The van der Waals surface area contributed by atoms with Gasteiger partial charge < -0.3 is 11.1 Å². The number of alkyl halides is 3. The lowest BCUT2D eigenvalue weighted by atomic mass is 9.97. The highest BCUT2D eigenvalue weighted by molar-refractivity contribution is 6.01. The molecule has 0 bridgehead atoms. The fourth-order valence-electron chi connectivity index (χ4n) is 2.93. The standard InChI is InChI=1S/C19H18F4N2O/c20-14-6-7-15(12-2-1-3-13(8-12)19(21,22)23)16(9-14)18(26)25-17(10-24)11-4-5-11/h1-3,6-9,11,17H,4-5,10,24H2,(H,25,26). The first-order chi connectivity index (χ1) is 12.3. The zero-order valence-electron chi connectivity index (χ0n) is 13.8. The molecule has 7 heteroatoms. The van der Waals surface area contributed by atoms with Crippen molar-refractivity contribution in [3.8, 4) is 11.1 Å². The summed E-state index contributed by atoms with van der Waals surface area (Å²) in [6, 6.07) is 7.86. The third kappa shape index (κ3) is 4.04. The second kappa shape index (κ2) is 7.07. The van der Waals surface area contributed by atoms with Gasteiger partial charge in [0.2, 0.25) is 0 Å². The van der Waals surface area contributed by atoms with Crippen molar-refractivity contribution in [2.24, 2.45) is 11.7 Å². The molecule has 1 atom stereocenters. The van der Waals surface area contributed by atoms with E-state index < -0.39 is 23.5 Å². The number of carbonyl (C=O) groups is 1. The summed E-state index contributed by atoms with van der Waals surface area (Å²) in [5, 5.41) is 2.77. The number of nitrogens with two attached hydrogens (primary N) is 1. The molecule has 0 saturated heterocycles. The zero-order valence-corrected chi connectivity index (χ0v) is 13.8. The largest absolute Gasteiger partial charge is 0.416 e. The Kier molecular flexibility index (Phi) is 5.00. The van der Waals surface area contributed by atoms with Gasteiger partial charge in [-0.1, -0.05) is 18.2 Å². The molecule has 0 spiro atoms. The van der Waals surface area contributed by atoms with Gasteiger partial charge in [-0.15, -0.1) is 0 Å². The molecule has 0 aliphatic heterocycles. The first kappa shape index (κ1) is 18.4. The molecule has 2 aromatic rings. The van der Waals surface area contributed by atoms with Gasteiger partial charge in [-0.05, 0) is 54.2 Å². The Balaban J connectivity index is 1.97. The molecule has 2 aromatic carbocycles. The van der Waals surface area contributed by atoms with Gasteiger partial charge in [0.1, 0.15) is 5.82 Å². The van der Waals surface area contributed by atoms with Crippen molar-refractivity contribution in [1.29, 1.82) is 0 Å². The van der Waals surface area contributed by atoms with Crippen molar-refractivity contribution >= 4 is 5.91 Å². The van der Waals surface area contributed by atoms with E-state index in [0.29, 0.717) is 5.92 Å². The highest BCUT2D eigenvalue weighted by Gasteiger charge is 2.33. The molecule has 1 aliphatic rings. The van der Waals surface area contributed by atoms with E-state index >= 15 is 0 Å². The lowest BCUT2D eigenvalue weighted by Crippen LogP contribution is -2.41. The van der Waals surface area contributed by atoms with Gasteiger partial charge in [0.05, 0.1) is 11.1 Å². The van der Waals surface area contributed by atoms with E-state index in [9.17, 15) is 22.4 Å². The molecule has 3 nitrogen and oxygen atoms in total. The normalized spacial score (nSPS) is 15.6. The molecule has 0 radical (unpaired) electrons. The molecule has 138 valence electrons. The van der Waals surface area contributed by atoms with Gasteiger partial charge in [-0.2, -0.15) is 13.2 Å². The van der Waals surface area contributed by atoms with E-state index in [1.165, 1.54) is 18.2 Å². The smallest absolute Gasteiger partial charge is 0.348 e. The second-order valence-corrected chi connectivity index (χ2v) is 6.42. The van der Waals surface area contributed by atoms with Crippen LogP contribution in [0.1, 0.15) is 28.8 Å². The average molecular weight is 366 g/mol. The first-order valence-electron chi connectivity index (χ1n) is 8.27. The summed E-state index contributed by atoms with van der Waals surface area (Å²) in [5.74, 6) is -0.879. The van der Waals surface area contributed by atoms with E-state index in [2.05, 4.69) is 5.32 Å². The minimum Gasteiger partial charge on any atom is -0.348 e. The van der Waals surface area contributed by atoms with Crippen molar-refractivity contribution in [2.75, 3.05) is 6.54 Å². The number of hydrogen-bond acceptors (Lipinski definition) is 2. The Hall–Kier alpha value is -2.41. The maximum absolute atomic E-state index is 13.7. The number of nitrogens with one attached hydrogen (secondary N) is 1. The summed E-state index contributed by atoms with van der Waals surface area (Å²) in [6.45, 7) is 0.255. The number of carbonyl (C=O) groups excluding carboxylic acids is 1. The summed E-state index contributed by atoms with van der Waals surface area (Å²) < 4.78 is 52.6. The minimum atomic E-state index is -4.50. The number of benzene rings is 2. The monoisotopic (exact) mass is 366 g/mol. The predicted molar refractivity (Wildman–Crippen MR) is 89.9 cm³/mol. The number of halogens is 4. The van der Waals surface area contributed by atoms with Crippen molar-refractivity contribution in [2.45, 2.75) is 25.1 Å². The summed E-state index contributed by atoms with van der Waals surface area (Å²) in [5.41, 5.74) is 5.26. The van der Waals surface area contributed by atoms with Crippen LogP contribution in [0.5, 0.6) is 0 Å². The van der Waals surface area contributed by atoms with Gasteiger partial charge in [0, 0.05) is 12.6 Å². The Labute approximate surface area is 148 Å². The van der Waals surface area contributed by atoms with Gasteiger partial charge >= 0.3 is 6.18 Å². The number of amides is 1. The molecule has 1 fully saturated rings. The Bertz CT molecular complexity index is 815. The summed E-state index contributed by atoms with van der Waals surface area (Å²) in [7, 11) is 0. The minimum absolute atomic E-state index is 0.0107. The van der Waals surface area contributed by atoms with E-state index in [-0.39, 0.29) is 29.3 Å². The molecule has 1 amide bonds. The Morgan fingerprint density at radius 1 is 1.19 bits per heavy atom. The molecule has 1 aliphatic carbocycles. The van der Waals surface area contributed by atoms with Gasteiger partial charge in [-0.3, -0.25) is 4.79 Å². The highest BCUT2D eigenvalue weighted by Crippen LogP contribution is 2.34. The van der Waals surface area contributed by atoms with Gasteiger partial charge in [0.25, 0.3) is 5.91 Å². The van der Waals surface area contributed by atoms with Crippen LogP contribution in [0.4, 0.5) is 17.6 Å². The van der Waals surface area contributed by atoms with Crippen molar-refractivity contribution in [3.05, 3.63) is 59.4 Å². The maximum Gasteiger partial charge on any atom is 0.416 e. The van der Waals surface area contributed by atoms with E-state index in [4.69, 9.17) is 5.73 Å². The highest BCUT2D eigenvalue weighted by atomic mass is 19.4. The van der Waals surface area contributed by atoms with Crippen LogP contribution in [-0.2, 0) is 6.18 Å². The molecule has 1 unspecified atom stereocenters. The van der Waals surface area contributed by atoms with Crippen LogP contribution in [0.2, 0.25) is 0 Å². The summed E-state index contributed by atoms with van der Waals surface area (Å²) >= 11 is 0. The first-order valence-corrected chi connectivity index (χ1v) is 8.27. The second-order valence-electron chi connectivity index (χ2n) is 6.42. The Morgan fingerprint density at radius 2 is 1.92 bits per heavy atom. The summed E-state index contributed by atoms with van der Waals surface area (Å²) in [4.78, 5) is 12.6. The van der Waals surface area contributed by atoms with Crippen LogP contribution in [0.15, 0.2) is 42.5 Å². The van der Waals surface area contributed by atoms with Crippen molar-refractivity contribution in [1.82, 2.24) is 5.32 Å². The van der Waals surface area contributed by atoms with Crippen molar-refractivity contribution < 1.29 is 22.4 Å². The lowest BCUT2D eigenvalue weighted by molar-refractivity contribution is -0.137. The lowest BCUT2D eigenvalue weighted by Gasteiger charge is -2.18. The van der Waals surface area contributed by atoms with E-state index in [1.54, 1.807) is 0 Å². The molecule has 3 N–H and O–H groups in total. The maximum atomic E-state index is 13.7. The van der Waals surface area contributed by atoms with Gasteiger partial charge in [0.15, 0.2) is 0 Å². The quantitative estimate of drug-likeness (QED) is 0.787. The molecule has 0 heterocycles. The Morgan fingerprint density at radius 3 is 2.54 bits per heavy atom. The molecular weight excluding hydrogens is 348 g/mol. The fourth-order valence-corrected chi connectivity index (χ4v) is 2.93. The predicted octanol–water partition coefficient (Wildman–Crippen LogP) is 3.98. The van der Waals surface area contributed by atoms with Crippen LogP contribution in [-0.4, -0.2) is 18.5 Å². The van der Waals surface area contributed by atoms with Crippen LogP contribution in [0.25, 0.3) is 11.1 Å². The van der Waals surface area contributed by atoms with Crippen LogP contribution >= 0.6 is 0 Å². The van der Waals surface area contributed by atoms with E-state index in [0.717, 1.165) is 37.1 Å². The molecule has 26 heavy (non-hydrogen) atoms. The molecule has 3 rings (SSSR count). The third-order valence-corrected chi connectivity index (χ3v) is 4.49. The van der Waals surface area contributed by atoms with Crippen LogP contribution in [0.3, 0.4) is 0 Å². The van der Waals surface area contributed by atoms with E-state index in [1.807, 2.05) is 0 Å². The zero-order chi connectivity index (χ0) is 18.9. The number of rotatable bonds is 5. The summed E-state index contributed by atoms with van der Waals surface area (Å²) in [6.07, 6.45) is -2.58. The molecule has 0 aromatic heterocycles. The van der Waals surface area contributed by atoms with Crippen LogP contribution < -0.4 is 11.1 Å². The molecular formula is C19H18F4N2O. The number of hydrogen-bond donors (Lipinski definition) is 2. The topological polar surface area (TPSA) is 55.1 Å². The fraction of sp³-hybridized carbons (Fsp3) is 0.316. The molecule has 1 saturated carbocycles.